The van der Waals surface area contributed by atoms with Crippen LogP contribution in [-0.2, 0) is 0 Å². The Balaban J connectivity index is 1.79. The lowest BCUT2D eigenvalue weighted by Crippen LogP contribution is -2.05. The summed E-state index contributed by atoms with van der Waals surface area (Å²) in [5, 5.41) is 0.452. The van der Waals surface area contributed by atoms with Crippen LogP contribution in [0.25, 0.3) is 0 Å². The lowest BCUT2D eigenvalue weighted by Gasteiger charge is -2.05. The van der Waals surface area contributed by atoms with Gasteiger partial charge in [-0.05, 0) is 24.3 Å². The summed E-state index contributed by atoms with van der Waals surface area (Å²) in [7, 11) is 0. The van der Waals surface area contributed by atoms with Crippen LogP contribution >= 0.6 is 11.8 Å². The quantitative estimate of drug-likeness (QED) is 0.630. The molecule has 0 aliphatic carbocycles. The minimum Gasteiger partial charge on any atom is -0.493 e. The highest BCUT2D eigenvalue weighted by molar-refractivity contribution is 7.99. The number of halogens is 1. The van der Waals surface area contributed by atoms with Crippen LogP contribution in [0.3, 0.4) is 0 Å². The number of hydrogen-bond donors (Lipinski definition) is 2. The highest BCUT2D eigenvalue weighted by atomic mass is 32.2. The number of anilines is 2. The summed E-state index contributed by atoms with van der Waals surface area (Å²) in [6.07, 6.45) is 0. The number of rotatable bonds is 5. The van der Waals surface area contributed by atoms with Crippen LogP contribution in [0.2, 0.25) is 0 Å². The van der Waals surface area contributed by atoms with Gasteiger partial charge in [-0.25, -0.2) is 4.39 Å². The average Bonchev–Trinajstić information content (AvgIpc) is 2.36. The molecule has 0 fully saturated rings. The number of thioether (sulfide) groups is 1. The van der Waals surface area contributed by atoms with Crippen molar-refractivity contribution in [2.75, 3.05) is 23.8 Å². The van der Waals surface area contributed by atoms with Gasteiger partial charge < -0.3 is 16.2 Å². The van der Waals surface area contributed by atoms with E-state index in [-0.39, 0.29) is 17.7 Å². The lowest BCUT2D eigenvalue weighted by atomic mass is 10.3. The molecule has 0 aliphatic rings. The first-order chi connectivity index (χ1) is 9.13. The van der Waals surface area contributed by atoms with Gasteiger partial charge in [0.2, 0.25) is 11.9 Å². The third-order valence-corrected chi connectivity index (χ3v) is 2.86. The maximum Gasteiger partial charge on any atom is 0.225 e. The monoisotopic (exact) mass is 281 g/mol. The third-order valence-electron chi connectivity index (χ3n) is 2.05. The molecular formula is C11H12FN5OS. The molecule has 4 N–H and O–H groups in total. The van der Waals surface area contributed by atoms with E-state index < -0.39 is 0 Å². The molecule has 1 aromatic heterocycles. The van der Waals surface area contributed by atoms with Crippen LogP contribution in [0.1, 0.15) is 0 Å². The molecule has 6 nitrogen and oxygen atoms in total. The van der Waals surface area contributed by atoms with Crippen molar-refractivity contribution in [1.82, 2.24) is 15.0 Å². The lowest BCUT2D eigenvalue weighted by molar-refractivity contribution is 0.343. The second-order valence-corrected chi connectivity index (χ2v) is 4.55. The van der Waals surface area contributed by atoms with E-state index in [0.29, 0.717) is 23.3 Å². The van der Waals surface area contributed by atoms with Crippen molar-refractivity contribution in [1.29, 1.82) is 0 Å². The number of nitrogen functional groups attached to an aromatic ring is 2. The molecule has 0 aliphatic heterocycles. The standard InChI is InChI=1S/C11H12FN5OS/c12-7-1-3-8(4-2-7)18-5-6-19-11-16-9(13)15-10(14)17-11/h1-4H,5-6H2,(H4,13,14,15,16,17). The molecule has 2 rings (SSSR count). The molecule has 0 amide bonds. The molecule has 0 spiro atoms. The van der Waals surface area contributed by atoms with E-state index in [1.54, 1.807) is 12.1 Å². The van der Waals surface area contributed by atoms with Crippen molar-refractivity contribution in [2.24, 2.45) is 0 Å². The molecule has 19 heavy (non-hydrogen) atoms. The van der Waals surface area contributed by atoms with E-state index in [2.05, 4.69) is 15.0 Å². The third kappa shape index (κ3) is 4.25. The van der Waals surface area contributed by atoms with E-state index in [4.69, 9.17) is 16.2 Å². The topological polar surface area (TPSA) is 99.9 Å². The predicted molar refractivity (Wildman–Crippen MR) is 71.3 cm³/mol. The van der Waals surface area contributed by atoms with E-state index in [1.807, 2.05) is 0 Å². The SMILES string of the molecule is Nc1nc(N)nc(SCCOc2ccc(F)cc2)n1. The summed E-state index contributed by atoms with van der Waals surface area (Å²) in [6.45, 7) is 0.432. The van der Waals surface area contributed by atoms with Crippen molar-refractivity contribution < 1.29 is 9.13 Å². The predicted octanol–water partition coefficient (Wildman–Crippen LogP) is 1.35. The maximum absolute atomic E-state index is 12.7. The van der Waals surface area contributed by atoms with Crippen LogP contribution in [0.15, 0.2) is 29.4 Å². The summed E-state index contributed by atoms with van der Waals surface area (Å²) in [5.74, 6) is 1.11. The van der Waals surface area contributed by atoms with Gasteiger partial charge in [0.1, 0.15) is 11.6 Å². The number of nitrogens with two attached hydrogens (primary N) is 2. The summed E-state index contributed by atoms with van der Waals surface area (Å²) in [5.41, 5.74) is 10.9. The van der Waals surface area contributed by atoms with Crippen LogP contribution in [-0.4, -0.2) is 27.3 Å². The van der Waals surface area contributed by atoms with Gasteiger partial charge in [-0.2, -0.15) is 15.0 Å². The summed E-state index contributed by atoms with van der Waals surface area (Å²) in [4.78, 5) is 11.5. The Bertz CT molecular complexity index is 531. The van der Waals surface area contributed by atoms with Crippen molar-refractivity contribution in [3.8, 4) is 5.75 Å². The zero-order valence-electron chi connectivity index (χ0n) is 9.91. The molecule has 2 aromatic rings. The van der Waals surface area contributed by atoms with Crippen molar-refractivity contribution in [3.05, 3.63) is 30.1 Å². The van der Waals surface area contributed by atoms with Gasteiger partial charge in [0.15, 0.2) is 5.16 Å². The van der Waals surface area contributed by atoms with Crippen molar-refractivity contribution >= 4 is 23.7 Å². The molecule has 0 saturated carbocycles. The Hall–Kier alpha value is -2.09. The largest absolute Gasteiger partial charge is 0.493 e. The normalized spacial score (nSPS) is 10.4. The van der Waals surface area contributed by atoms with Gasteiger partial charge in [-0.1, -0.05) is 11.8 Å². The van der Waals surface area contributed by atoms with E-state index in [9.17, 15) is 4.39 Å². The average molecular weight is 281 g/mol. The van der Waals surface area contributed by atoms with E-state index in [1.165, 1.54) is 23.9 Å². The summed E-state index contributed by atoms with van der Waals surface area (Å²) in [6, 6.07) is 5.82. The molecule has 0 bridgehead atoms. The first-order valence-corrected chi connectivity index (χ1v) is 6.40. The van der Waals surface area contributed by atoms with Crippen LogP contribution in [0, 0.1) is 5.82 Å². The fourth-order valence-electron chi connectivity index (χ4n) is 1.28. The van der Waals surface area contributed by atoms with Gasteiger partial charge in [0.25, 0.3) is 0 Å². The van der Waals surface area contributed by atoms with Gasteiger partial charge in [-0.15, -0.1) is 0 Å². The Labute approximate surface area is 113 Å². The van der Waals surface area contributed by atoms with Gasteiger partial charge in [0.05, 0.1) is 6.61 Å². The second-order valence-electron chi connectivity index (χ2n) is 3.49. The minimum absolute atomic E-state index is 0.0921. The van der Waals surface area contributed by atoms with E-state index >= 15 is 0 Å². The Morgan fingerprint density at radius 2 is 1.68 bits per heavy atom. The molecule has 1 heterocycles. The molecule has 0 radical (unpaired) electrons. The van der Waals surface area contributed by atoms with Crippen molar-refractivity contribution in [2.45, 2.75) is 5.16 Å². The Morgan fingerprint density at radius 3 is 2.32 bits per heavy atom. The summed E-state index contributed by atoms with van der Waals surface area (Å²) >= 11 is 1.35. The molecule has 1 aromatic carbocycles. The van der Waals surface area contributed by atoms with Crippen LogP contribution in [0.4, 0.5) is 16.3 Å². The zero-order chi connectivity index (χ0) is 13.7. The van der Waals surface area contributed by atoms with Gasteiger partial charge >= 0.3 is 0 Å². The van der Waals surface area contributed by atoms with Gasteiger partial charge in [-0.3, -0.25) is 0 Å². The molecular weight excluding hydrogens is 269 g/mol. The highest BCUT2D eigenvalue weighted by Crippen LogP contribution is 2.15. The molecule has 0 unspecified atom stereocenters. The van der Waals surface area contributed by atoms with Crippen LogP contribution in [0.5, 0.6) is 5.75 Å². The Kier molecular flexibility index (Phi) is 4.35. The first kappa shape index (κ1) is 13.3. The zero-order valence-corrected chi connectivity index (χ0v) is 10.7. The number of nitrogens with zero attached hydrogens (tertiary/aromatic N) is 3. The summed E-state index contributed by atoms with van der Waals surface area (Å²) < 4.78 is 18.1. The van der Waals surface area contributed by atoms with Crippen LogP contribution < -0.4 is 16.2 Å². The maximum atomic E-state index is 12.7. The minimum atomic E-state index is -0.294. The molecule has 0 atom stereocenters. The highest BCUT2D eigenvalue weighted by Gasteiger charge is 2.02. The smallest absolute Gasteiger partial charge is 0.225 e. The fraction of sp³-hybridized carbons (Fsp3) is 0.182. The van der Waals surface area contributed by atoms with Gasteiger partial charge in [0, 0.05) is 5.75 Å². The van der Waals surface area contributed by atoms with Crippen molar-refractivity contribution in [3.63, 3.8) is 0 Å². The first-order valence-electron chi connectivity index (χ1n) is 5.41. The number of benzene rings is 1. The molecule has 100 valence electrons. The number of aromatic nitrogens is 3. The fourth-order valence-corrected chi connectivity index (χ4v) is 1.94. The van der Waals surface area contributed by atoms with E-state index in [0.717, 1.165) is 0 Å². The number of ether oxygens (including phenoxy) is 1. The Morgan fingerprint density at radius 1 is 1.05 bits per heavy atom. The second kappa shape index (κ2) is 6.19. The molecule has 0 saturated heterocycles. The number of hydrogen-bond acceptors (Lipinski definition) is 7. The molecule has 8 heteroatoms.